The Labute approximate surface area is 108 Å². The van der Waals surface area contributed by atoms with E-state index in [4.69, 9.17) is 0 Å². The Morgan fingerprint density at radius 3 is 2.44 bits per heavy atom. The van der Waals surface area contributed by atoms with Gasteiger partial charge in [0.1, 0.15) is 5.41 Å². The molecule has 0 aromatic carbocycles. The first kappa shape index (κ1) is 15.2. The molecule has 1 aliphatic rings. The molecule has 16 heavy (non-hydrogen) atoms. The summed E-state index contributed by atoms with van der Waals surface area (Å²) >= 11 is 0. The summed E-state index contributed by atoms with van der Waals surface area (Å²) in [4.78, 5) is 4.30. The number of nitriles is 1. The summed E-state index contributed by atoms with van der Waals surface area (Å²) in [5.74, 6) is 0. The molecule has 5 heteroatoms. The van der Waals surface area contributed by atoms with Gasteiger partial charge in [0.2, 0.25) is 0 Å². The van der Waals surface area contributed by atoms with Crippen molar-refractivity contribution in [2.45, 2.75) is 18.3 Å². The summed E-state index contributed by atoms with van der Waals surface area (Å²) in [5, 5.41) is 12.5. The number of halogens is 2. The van der Waals surface area contributed by atoms with Crippen LogP contribution in [0.25, 0.3) is 0 Å². The number of nitrogens with one attached hydrogen (secondary N) is 1. The zero-order valence-electron chi connectivity index (χ0n) is 8.85. The summed E-state index contributed by atoms with van der Waals surface area (Å²) in [6.07, 6.45) is 3.48. The Bertz CT molecular complexity index is 342. The van der Waals surface area contributed by atoms with E-state index in [1.165, 1.54) is 0 Å². The van der Waals surface area contributed by atoms with Crippen molar-refractivity contribution < 1.29 is 0 Å². The molecule has 1 aromatic heterocycles. The highest BCUT2D eigenvalue weighted by Gasteiger charge is 2.34. The molecule has 1 N–H and O–H groups in total. The molecule has 0 unspecified atom stereocenters. The van der Waals surface area contributed by atoms with Gasteiger partial charge in [-0.05, 0) is 38.1 Å². The van der Waals surface area contributed by atoms with Crippen LogP contribution >= 0.6 is 24.8 Å². The van der Waals surface area contributed by atoms with Gasteiger partial charge in [-0.2, -0.15) is 5.26 Å². The molecule has 0 bridgehead atoms. The lowest BCUT2D eigenvalue weighted by atomic mass is 9.77. The van der Waals surface area contributed by atoms with Crippen LogP contribution in [-0.2, 0) is 5.41 Å². The first-order valence-electron chi connectivity index (χ1n) is 4.91. The highest BCUT2D eigenvalue weighted by atomic mass is 35.5. The fourth-order valence-corrected chi connectivity index (χ4v) is 1.92. The van der Waals surface area contributed by atoms with Gasteiger partial charge < -0.3 is 5.32 Å². The minimum absolute atomic E-state index is 0. The predicted molar refractivity (Wildman–Crippen MR) is 68.1 cm³/mol. The molecule has 1 aromatic rings. The normalized spacial score (nSPS) is 17.4. The number of hydrogen-bond donors (Lipinski definition) is 1. The zero-order chi connectivity index (χ0) is 9.86. The maximum atomic E-state index is 9.28. The molecular formula is C11H15Cl2N3. The van der Waals surface area contributed by atoms with E-state index in [2.05, 4.69) is 16.4 Å². The van der Waals surface area contributed by atoms with Gasteiger partial charge in [0.05, 0.1) is 11.8 Å². The van der Waals surface area contributed by atoms with E-state index in [0.717, 1.165) is 31.6 Å². The Morgan fingerprint density at radius 2 is 1.94 bits per heavy atom. The van der Waals surface area contributed by atoms with Gasteiger partial charge in [0, 0.05) is 6.20 Å². The number of rotatable bonds is 1. The van der Waals surface area contributed by atoms with Crippen LogP contribution < -0.4 is 5.32 Å². The number of aromatic nitrogens is 1. The zero-order valence-corrected chi connectivity index (χ0v) is 10.5. The van der Waals surface area contributed by atoms with Gasteiger partial charge >= 0.3 is 0 Å². The van der Waals surface area contributed by atoms with E-state index in [9.17, 15) is 5.26 Å². The highest BCUT2D eigenvalue weighted by molar-refractivity contribution is 5.85. The molecule has 88 valence electrons. The number of pyridine rings is 1. The summed E-state index contributed by atoms with van der Waals surface area (Å²) in [6.45, 7) is 1.81. The van der Waals surface area contributed by atoms with Crippen molar-refractivity contribution in [3.63, 3.8) is 0 Å². The Balaban J connectivity index is 0.00000112. The number of piperidine rings is 1. The molecule has 3 nitrogen and oxygen atoms in total. The lowest BCUT2D eigenvalue weighted by molar-refractivity contribution is 0.375. The monoisotopic (exact) mass is 259 g/mol. The van der Waals surface area contributed by atoms with Gasteiger partial charge in [0.25, 0.3) is 0 Å². The second kappa shape index (κ2) is 6.70. The van der Waals surface area contributed by atoms with E-state index in [1.807, 2.05) is 18.2 Å². The third-order valence-corrected chi connectivity index (χ3v) is 2.83. The number of nitrogens with zero attached hydrogens (tertiary/aromatic N) is 2. The van der Waals surface area contributed by atoms with Gasteiger partial charge in [-0.1, -0.05) is 6.07 Å². The minimum Gasteiger partial charge on any atom is -0.317 e. The van der Waals surface area contributed by atoms with Crippen LogP contribution in [0.1, 0.15) is 18.5 Å². The average Bonchev–Trinajstić information content (AvgIpc) is 2.31. The van der Waals surface area contributed by atoms with E-state index in [1.54, 1.807) is 6.20 Å². The maximum absolute atomic E-state index is 9.28. The molecule has 0 saturated carbocycles. The van der Waals surface area contributed by atoms with Crippen LogP contribution in [0, 0.1) is 11.3 Å². The average molecular weight is 260 g/mol. The molecule has 0 aliphatic carbocycles. The maximum Gasteiger partial charge on any atom is 0.102 e. The summed E-state index contributed by atoms with van der Waals surface area (Å²) < 4.78 is 0. The van der Waals surface area contributed by atoms with Crippen molar-refractivity contribution in [2.24, 2.45) is 0 Å². The van der Waals surface area contributed by atoms with Crippen molar-refractivity contribution in [1.82, 2.24) is 10.3 Å². The van der Waals surface area contributed by atoms with Gasteiger partial charge in [-0.3, -0.25) is 4.98 Å². The fraction of sp³-hybridized carbons (Fsp3) is 0.455. The highest BCUT2D eigenvalue weighted by Crippen LogP contribution is 2.30. The van der Waals surface area contributed by atoms with Crippen molar-refractivity contribution >= 4 is 24.8 Å². The molecule has 0 amide bonds. The molecule has 0 atom stereocenters. The third-order valence-electron chi connectivity index (χ3n) is 2.83. The van der Waals surface area contributed by atoms with Gasteiger partial charge in [-0.25, -0.2) is 0 Å². The molecule has 0 radical (unpaired) electrons. The first-order valence-corrected chi connectivity index (χ1v) is 4.91. The molecule has 2 heterocycles. The van der Waals surface area contributed by atoms with Crippen LogP contribution in [0.4, 0.5) is 0 Å². The number of hydrogen-bond acceptors (Lipinski definition) is 3. The van der Waals surface area contributed by atoms with Gasteiger partial charge in [0.15, 0.2) is 0 Å². The third kappa shape index (κ3) is 2.85. The van der Waals surface area contributed by atoms with Crippen LogP contribution in [0.5, 0.6) is 0 Å². The molecule has 0 spiro atoms. The smallest absolute Gasteiger partial charge is 0.102 e. The van der Waals surface area contributed by atoms with Crippen molar-refractivity contribution in [1.29, 1.82) is 5.26 Å². The van der Waals surface area contributed by atoms with Crippen molar-refractivity contribution in [3.8, 4) is 6.07 Å². The summed E-state index contributed by atoms with van der Waals surface area (Å²) in [5.41, 5.74) is 0.566. The summed E-state index contributed by atoms with van der Waals surface area (Å²) in [7, 11) is 0. The summed E-state index contributed by atoms with van der Waals surface area (Å²) in [6, 6.07) is 8.22. The Kier molecular flexibility index (Phi) is 6.35. The Morgan fingerprint density at radius 1 is 1.25 bits per heavy atom. The standard InChI is InChI=1S/C11H13N3.2ClH/c12-9-11(4-7-13-8-5-11)10-3-1-2-6-14-10;;/h1-3,6,13H,4-5,7-8H2;2*1H. The predicted octanol–water partition coefficient (Wildman–Crippen LogP) is 2.07. The first-order chi connectivity index (χ1) is 6.87. The second-order valence-corrected chi connectivity index (χ2v) is 3.66. The van der Waals surface area contributed by atoms with Crippen LogP contribution in [-0.4, -0.2) is 18.1 Å². The van der Waals surface area contributed by atoms with E-state index in [0.29, 0.717) is 0 Å². The van der Waals surface area contributed by atoms with E-state index < -0.39 is 0 Å². The second-order valence-electron chi connectivity index (χ2n) is 3.66. The van der Waals surface area contributed by atoms with Crippen molar-refractivity contribution in [3.05, 3.63) is 30.1 Å². The SMILES string of the molecule is Cl.Cl.N#CC1(c2ccccn2)CCNCC1. The quantitative estimate of drug-likeness (QED) is 0.840. The van der Waals surface area contributed by atoms with E-state index >= 15 is 0 Å². The van der Waals surface area contributed by atoms with Crippen LogP contribution in [0.15, 0.2) is 24.4 Å². The van der Waals surface area contributed by atoms with E-state index in [-0.39, 0.29) is 30.2 Å². The molecule has 1 aliphatic heterocycles. The lowest BCUT2D eigenvalue weighted by Gasteiger charge is -2.30. The largest absolute Gasteiger partial charge is 0.317 e. The molecule has 1 saturated heterocycles. The lowest BCUT2D eigenvalue weighted by Crippen LogP contribution is -2.39. The molecule has 2 rings (SSSR count). The van der Waals surface area contributed by atoms with Crippen LogP contribution in [0.2, 0.25) is 0 Å². The molecular weight excluding hydrogens is 245 g/mol. The van der Waals surface area contributed by atoms with Crippen LogP contribution in [0.3, 0.4) is 0 Å². The molecule has 1 fully saturated rings. The minimum atomic E-state index is -0.355. The Hall–Kier alpha value is -0.820. The van der Waals surface area contributed by atoms with Crippen molar-refractivity contribution in [2.75, 3.05) is 13.1 Å². The van der Waals surface area contributed by atoms with Gasteiger partial charge in [-0.15, -0.1) is 24.8 Å². The topological polar surface area (TPSA) is 48.7 Å². The fourth-order valence-electron chi connectivity index (χ4n) is 1.92.